The number of nitriles is 1. The predicted molar refractivity (Wildman–Crippen MR) is 146 cm³/mol. The normalized spacial score (nSPS) is 17.6. The van der Waals surface area contributed by atoms with Gasteiger partial charge in [-0.3, -0.25) is 19.9 Å². The number of morpholine rings is 1. The maximum absolute atomic E-state index is 13.5. The number of halogens is 1. The number of rotatable bonds is 6. The lowest BCUT2D eigenvalue weighted by Gasteiger charge is -2.30. The molecule has 194 valence electrons. The van der Waals surface area contributed by atoms with Gasteiger partial charge < -0.3 is 14.4 Å². The molecule has 0 aromatic heterocycles. The van der Waals surface area contributed by atoms with Crippen molar-refractivity contribution in [1.82, 2.24) is 4.90 Å². The molecule has 1 N–H and O–H groups in total. The molecule has 0 saturated carbocycles. The molecule has 2 aromatic carbocycles. The molecule has 0 bridgehead atoms. The fourth-order valence-corrected chi connectivity index (χ4v) is 5.05. The Labute approximate surface area is 226 Å². The Balaban J connectivity index is 1.51. The van der Waals surface area contributed by atoms with Gasteiger partial charge in [-0.25, -0.2) is 4.79 Å². The van der Waals surface area contributed by atoms with E-state index in [1.807, 2.05) is 25.1 Å². The van der Waals surface area contributed by atoms with E-state index in [-0.39, 0.29) is 22.6 Å². The Hall–Kier alpha value is -3.23. The second-order valence-electron chi connectivity index (χ2n) is 9.31. The first kappa shape index (κ1) is 26.8. The summed E-state index contributed by atoms with van der Waals surface area (Å²) in [6.45, 7) is 9.35. The van der Waals surface area contributed by atoms with Crippen molar-refractivity contribution in [2.45, 2.75) is 26.3 Å². The van der Waals surface area contributed by atoms with E-state index in [0.717, 1.165) is 18.7 Å². The van der Waals surface area contributed by atoms with Crippen LogP contribution in [0.15, 0.2) is 36.4 Å². The number of anilines is 3. The van der Waals surface area contributed by atoms with Crippen molar-refractivity contribution in [3.8, 4) is 6.07 Å². The summed E-state index contributed by atoms with van der Waals surface area (Å²) in [7, 11) is 0. The summed E-state index contributed by atoms with van der Waals surface area (Å²) in [4.78, 5) is 31.3. The van der Waals surface area contributed by atoms with Crippen molar-refractivity contribution < 1.29 is 19.1 Å². The number of hydrogen-bond donors (Lipinski definition) is 1. The molecule has 2 saturated heterocycles. The quantitative estimate of drug-likeness (QED) is 0.540. The van der Waals surface area contributed by atoms with Crippen molar-refractivity contribution in [1.29, 1.82) is 5.26 Å². The van der Waals surface area contributed by atoms with Crippen LogP contribution in [-0.2, 0) is 14.3 Å². The minimum Gasteiger partial charge on any atom is -0.448 e. The van der Waals surface area contributed by atoms with Gasteiger partial charge >= 0.3 is 6.09 Å². The van der Waals surface area contributed by atoms with E-state index in [4.69, 9.17) is 33.3 Å². The average molecular weight is 542 g/mol. The number of carbonyl (C=O) groups excluding carboxylic acids is 2. The van der Waals surface area contributed by atoms with Crippen molar-refractivity contribution in [2.24, 2.45) is 0 Å². The van der Waals surface area contributed by atoms with E-state index in [9.17, 15) is 14.9 Å². The zero-order chi connectivity index (χ0) is 26.7. The molecular weight excluding hydrogens is 514 g/mol. The molecule has 2 aliphatic rings. The van der Waals surface area contributed by atoms with Gasteiger partial charge in [0.05, 0.1) is 29.5 Å². The largest absolute Gasteiger partial charge is 0.448 e. The highest BCUT2D eigenvalue weighted by Gasteiger charge is 2.50. The fourth-order valence-electron chi connectivity index (χ4n) is 4.31. The number of aryl methyl sites for hydroxylation is 1. The highest BCUT2D eigenvalue weighted by atomic mass is 35.5. The van der Waals surface area contributed by atoms with Gasteiger partial charge in [0.1, 0.15) is 18.2 Å². The molecule has 2 heterocycles. The SMILES string of the molecule is Cc1ccc(N2C(=S)N(c3ccc(C#N)c(Cl)c3)C(=O)C2(C)C)cc1NC(=O)OCCN1CCOCC1. The van der Waals surface area contributed by atoms with Crippen LogP contribution in [0.2, 0.25) is 5.02 Å². The van der Waals surface area contributed by atoms with Crippen LogP contribution in [0.3, 0.4) is 0 Å². The maximum Gasteiger partial charge on any atom is 0.411 e. The van der Waals surface area contributed by atoms with Crippen LogP contribution in [0.4, 0.5) is 21.9 Å². The standard InChI is InChI=1S/C26H28ClN5O4S/c1-17-4-6-20(15-22(17)29-24(34)36-13-10-30-8-11-35-12-9-30)32-25(37)31(23(33)26(32,2)3)19-7-5-18(16-28)21(27)14-19/h4-7,14-15H,8-13H2,1-3H3,(H,29,34). The van der Waals surface area contributed by atoms with Crippen LogP contribution >= 0.6 is 23.8 Å². The van der Waals surface area contributed by atoms with E-state index < -0.39 is 11.6 Å². The predicted octanol–water partition coefficient (Wildman–Crippen LogP) is 4.32. The third-order valence-corrected chi connectivity index (χ3v) is 7.14. The van der Waals surface area contributed by atoms with Crippen LogP contribution in [0.5, 0.6) is 0 Å². The van der Waals surface area contributed by atoms with Crippen LogP contribution < -0.4 is 15.1 Å². The first-order chi connectivity index (χ1) is 17.6. The average Bonchev–Trinajstić information content (AvgIpc) is 3.04. The molecule has 11 heteroatoms. The monoisotopic (exact) mass is 541 g/mol. The lowest BCUT2D eigenvalue weighted by Crippen LogP contribution is -2.44. The number of carbonyl (C=O) groups is 2. The summed E-state index contributed by atoms with van der Waals surface area (Å²) in [5.74, 6) is -0.240. The van der Waals surface area contributed by atoms with Gasteiger partial charge in [0, 0.05) is 31.0 Å². The topological polar surface area (TPSA) is 98.1 Å². The van der Waals surface area contributed by atoms with Crippen LogP contribution in [0.25, 0.3) is 0 Å². The Morgan fingerprint density at radius 2 is 1.92 bits per heavy atom. The zero-order valence-electron chi connectivity index (χ0n) is 20.9. The maximum atomic E-state index is 13.5. The molecule has 2 aliphatic heterocycles. The molecule has 2 fully saturated rings. The number of amides is 2. The molecule has 2 amide bonds. The number of ether oxygens (including phenoxy) is 2. The van der Waals surface area contributed by atoms with Gasteiger partial charge in [0.2, 0.25) is 0 Å². The van der Waals surface area contributed by atoms with E-state index in [1.54, 1.807) is 43.0 Å². The van der Waals surface area contributed by atoms with Crippen LogP contribution in [0.1, 0.15) is 25.0 Å². The van der Waals surface area contributed by atoms with Crippen molar-refractivity contribution in [3.63, 3.8) is 0 Å². The van der Waals surface area contributed by atoms with Crippen molar-refractivity contribution in [2.75, 3.05) is 54.6 Å². The second-order valence-corrected chi connectivity index (χ2v) is 10.1. The highest BCUT2D eigenvalue weighted by molar-refractivity contribution is 7.81. The summed E-state index contributed by atoms with van der Waals surface area (Å²) in [5, 5.41) is 12.5. The van der Waals surface area contributed by atoms with Crippen LogP contribution in [0, 0.1) is 18.3 Å². The minimum atomic E-state index is -1.01. The number of nitrogens with zero attached hydrogens (tertiary/aromatic N) is 4. The third kappa shape index (κ3) is 5.55. The number of nitrogens with one attached hydrogen (secondary N) is 1. The summed E-state index contributed by atoms with van der Waals surface area (Å²) in [5.41, 5.74) is 1.80. The molecular formula is C26H28ClN5O4S. The molecule has 0 spiro atoms. The molecule has 4 rings (SSSR count). The molecule has 9 nitrogen and oxygen atoms in total. The first-order valence-electron chi connectivity index (χ1n) is 11.9. The first-order valence-corrected chi connectivity index (χ1v) is 12.6. The molecule has 0 atom stereocenters. The highest BCUT2D eigenvalue weighted by Crippen LogP contribution is 2.38. The summed E-state index contributed by atoms with van der Waals surface area (Å²) in [6.07, 6.45) is -0.554. The molecule has 0 unspecified atom stereocenters. The molecule has 0 radical (unpaired) electrons. The van der Waals surface area contributed by atoms with Gasteiger partial charge in [0.15, 0.2) is 5.11 Å². The Kier molecular flexibility index (Phi) is 7.99. The van der Waals surface area contributed by atoms with E-state index in [0.29, 0.717) is 42.4 Å². The molecule has 0 aliphatic carbocycles. The van der Waals surface area contributed by atoms with E-state index in [1.165, 1.54) is 4.90 Å². The van der Waals surface area contributed by atoms with E-state index in [2.05, 4.69) is 10.2 Å². The zero-order valence-corrected chi connectivity index (χ0v) is 22.5. The van der Waals surface area contributed by atoms with Gasteiger partial charge in [0.25, 0.3) is 5.91 Å². The smallest absolute Gasteiger partial charge is 0.411 e. The third-order valence-electron chi connectivity index (χ3n) is 6.46. The van der Waals surface area contributed by atoms with Gasteiger partial charge in [-0.1, -0.05) is 17.7 Å². The van der Waals surface area contributed by atoms with Gasteiger partial charge in [-0.05, 0) is 68.9 Å². The lowest BCUT2D eigenvalue weighted by atomic mass is 10.0. The summed E-state index contributed by atoms with van der Waals surface area (Å²) in [6, 6.07) is 12.2. The van der Waals surface area contributed by atoms with E-state index >= 15 is 0 Å². The van der Waals surface area contributed by atoms with Gasteiger partial charge in [-0.15, -0.1) is 0 Å². The number of thiocarbonyl (C=S) groups is 1. The summed E-state index contributed by atoms with van der Waals surface area (Å²) >= 11 is 12.0. The molecule has 37 heavy (non-hydrogen) atoms. The number of benzene rings is 2. The van der Waals surface area contributed by atoms with Gasteiger partial charge in [-0.2, -0.15) is 5.26 Å². The lowest BCUT2D eigenvalue weighted by molar-refractivity contribution is -0.120. The Morgan fingerprint density at radius 1 is 1.22 bits per heavy atom. The minimum absolute atomic E-state index is 0.237. The second kappa shape index (κ2) is 11.0. The molecule has 2 aromatic rings. The number of hydrogen-bond acceptors (Lipinski definition) is 7. The van der Waals surface area contributed by atoms with Crippen LogP contribution in [-0.4, -0.2) is 67.0 Å². The summed E-state index contributed by atoms with van der Waals surface area (Å²) < 4.78 is 10.7. The van der Waals surface area contributed by atoms with Crippen molar-refractivity contribution >= 4 is 58.0 Å². The van der Waals surface area contributed by atoms with Crippen molar-refractivity contribution in [3.05, 3.63) is 52.5 Å². The Bertz CT molecular complexity index is 1270. The fraction of sp³-hybridized carbons (Fsp3) is 0.385. The Morgan fingerprint density at radius 3 is 2.59 bits per heavy atom.